The van der Waals surface area contributed by atoms with Gasteiger partial charge in [0.05, 0.1) is 5.39 Å². The van der Waals surface area contributed by atoms with Crippen LogP contribution in [0.3, 0.4) is 0 Å². The molecule has 0 aliphatic carbocycles. The Hall–Kier alpha value is -2.47. The van der Waals surface area contributed by atoms with E-state index in [9.17, 15) is 9.59 Å². The molecule has 1 aromatic carbocycles. The second-order valence-electron chi connectivity index (χ2n) is 6.42. The molecule has 0 amide bonds. The second kappa shape index (κ2) is 7.41. The van der Waals surface area contributed by atoms with Crippen molar-refractivity contribution in [2.45, 2.75) is 46.6 Å². The van der Waals surface area contributed by atoms with E-state index < -0.39 is 5.97 Å². The van der Waals surface area contributed by atoms with Crippen molar-refractivity contribution in [2.75, 3.05) is 0 Å². The van der Waals surface area contributed by atoms with E-state index in [0.29, 0.717) is 30.6 Å². The predicted molar refractivity (Wildman–Crippen MR) is 105 cm³/mol. The van der Waals surface area contributed by atoms with Crippen LogP contribution in [0.25, 0.3) is 21.3 Å². The number of fused-ring (bicyclic) bond motifs is 1. The van der Waals surface area contributed by atoms with Gasteiger partial charge >= 0.3 is 5.97 Å². The molecule has 6 heteroatoms. The monoisotopic (exact) mass is 370 g/mol. The lowest BCUT2D eigenvalue weighted by molar-refractivity contribution is -0.137. The molecule has 5 nitrogen and oxygen atoms in total. The van der Waals surface area contributed by atoms with Crippen LogP contribution < -0.4 is 5.56 Å². The van der Waals surface area contributed by atoms with Crippen LogP contribution >= 0.6 is 11.3 Å². The zero-order valence-corrected chi connectivity index (χ0v) is 16.0. The van der Waals surface area contributed by atoms with E-state index in [1.165, 1.54) is 5.56 Å². The quantitative estimate of drug-likeness (QED) is 0.707. The molecular formula is C20H22N2O3S. The number of carboxylic acid groups (broad SMARTS) is 1. The Bertz CT molecular complexity index is 1020. The molecule has 0 saturated heterocycles. The highest BCUT2D eigenvalue weighted by Gasteiger charge is 2.19. The summed E-state index contributed by atoms with van der Waals surface area (Å²) < 4.78 is 1.65. The van der Waals surface area contributed by atoms with Gasteiger partial charge in [0.1, 0.15) is 10.7 Å². The number of rotatable bonds is 6. The highest BCUT2D eigenvalue weighted by atomic mass is 32.1. The van der Waals surface area contributed by atoms with Gasteiger partial charge in [0.25, 0.3) is 5.56 Å². The highest BCUT2D eigenvalue weighted by molar-refractivity contribution is 7.19. The van der Waals surface area contributed by atoms with Gasteiger partial charge in [-0.15, -0.1) is 11.3 Å². The summed E-state index contributed by atoms with van der Waals surface area (Å²) in [6, 6.07) is 8.15. The molecule has 0 radical (unpaired) electrons. The maximum Gasteiger partial charge on any atom is 0.303 e. The molecule has 3 rings (SSSR count). The first-order valence-corrected chi connectivity index (χ1v) is 9.55. The van der Waals surface area contributed by atoms with E-state index in [1.807, 2.05) is 45.0 Å². The molecule has 3 aromatic rings. The molecule has 26 heavy (non-hydrogen) atoms. The van der Waals surface area contributed by atoms with Gasteiger partial charge in [-0.2, -0.15) is 0 Å². The van der Waals surface area contributed by atoms with Crippen molar-refractivity contribution in [3.63, 3.8) is 0 Å². The van der Waals surface area contributed by atoms with Gasteiger partial charge in [-0.3, -0.25) is 14.2 Å². The summed E-state index contributed by atoms with van der Waals surface area (Å²) in [4.78, 5) is 30.6. The Morgan fingerprint density at radius 3 is 2.54 bits per heavy atom. The standard InChI is InChI=1S/C20H22N2O3S/c1-4-15-21-19-18(20(25)22(15)11-5-6-16(23)24)17(13(3)26-19)14-9-7-12(2)8-10-14/h7-10H,4-6,11H2,1-3H3,(H,23,24). The van der Waals surface area contributed by atoms with E-state index >= 15 is 0 Å². The zero-order chi connectivity index (χ0) is 18.8. The summed E-state index contributed by atoms with van der Waals surface area (Å²) in [6.45, 7) is 6.39. The maximum atomic E-state index is 13.2. The number of thiophene rings is 1. The molecule has 0 spiro atoms. The van der Waals surface area contributed by atoms with Gasteiger partial charge in [0, 0.05) is 29.8 Å². The molecule has 0 saturated carbocycles. The first-order chi connectivity index (χ1) is 12.4. The fraction of sp³-hybridized carbons (Fsp3) is 0.350. The van der Waals surface area contributed by atoms with E-state index in [0.717, 1.165) is 20.8 Å². The average Bonchev–Trinajstić information content (AvgIpc) is 2.93. The first kappa shape index (κ1) is 18.3. The van der Waals surface area contributed by atoms with Crippen LogP contribution in [0.2, 0.25) is 0 Å². The Morgan fingerprint density at radius 2 is 1.92 bits per heavy atom. The van der Waals surface area contributed by atoms with Gasteiger partial charge < -0.3 is 5.11 Å². The van der Waals surface area contributed by atoms with E-state index in [-0.39, 0.29) is 12.0 Å². The SMILES string of the molecule is CCc1nc2sc(C)c(-c3ccc(C)cc3)c2c(=O)n1CCCC(=O)O. The van der Waals surface area contributed by atoms with Crippen LogP contribution in [-0.4, -0.2) is 20.6 Å². The largest absolute Gasteiger partial charge is 0.481 e. The van der Waals surface area contributed by atoms with E-state index in [1.54, 1.807) is 15.9 Å². The number of aryl methyl sites for hydroxylation is 3. The third-order valence-corrected chi connectivity index (χ3v) is 5.49. The minimum absolute atomic E-state index is 0.0428. The molecule has 1 N–H and O–H groups in total. The lowest BCUT2D eigenvalue weighted by atomic mass is 10.0. The van der Waals surface area contributed by atoms with Crippen LogP contribution in [0.15, 0.2) is 29.1 Å². The van der Waals surface area contributed by atoms with E-state index in [4.69, 9.17) is 10.1 Å². The number of carbonyl (C=O) groups is 1. The topological polar surface area (TPSA) is 72.2 Å². The third-order valence-electron chi connectivity index (χ3n) is 4.50. The highest BCUT2D eigenvalue weighted by Crippen LogP contribution is 2.35. The van der Waals surface area contributed by atoms with Gasteiger partial charge in [0.15, 0.2) is 0 Å². The van der Waals surface area contributed by atoms with E-state index in [2.05, 4.69) is 0 Å². The summed E-state index contributed by atoms with van der Waals surface area (Å²) in [5, 5.41) is 9.52. The van der Waals surface area contributed by atoms with Crippen molar-refractivity contribution in [2.24, 2.45) is 0 Å². The molecule has 136 valence electrons. The zero-order valence-electron chi connectivity index (χ0n) is 15.2. The summed E-state index contributed by atoms with van der Waals surface area (Å²) in [5.74, 6) is -0.138. The number of hydrogen-bond donors (Lipinski definition) is 1. The van der Waals surface area contributed by atoms with Gasteiger partial charge in [0.2, 0.25) is 0 Å². The lowest BCUT2D eigenvalue weighted by Crippen LogP contribution is -2.25. The molecular weight excluding hydrogens is 348 g/mol. The molecule has 0 fully saturated rings. The number of carboxylic acids is 1. The van der Waals surface area contributed by atoms with Crippen LogP contribution in [0.4, 0.5) is 0 Å². The molecule has 0 unspecified atom stereocenters. The normalized spacial score (nSPS) is 11.2. The Morgan fingerprint density at radius 1 is 1.23 bits per heavy atom. The number of nitrogens with zero attached hydrogens (tertiary/aromatic N) is 2. The van der Waals surface area contributed by atoms with Gasteiger partial charge in [-0.1, -0.05) is 36.8 Å². The molecule has 0 aliphatic rings. The van der Waals surface area contributed by atoms with Crippen LogP contribution in [-0.2, 0) is 17.8 Å². The molecule has 2 heterocycles. The summed E-state index contributed by atoms with van der Waals surface area (Å²) in [6.07, 6.45) is 1.09. The fourth-order valence-electron chi connectivity index (χ4n) is 3.19. The second-order valence-corrected chi connectivity index (χ2v) is 7.62. The first-order valence-electron chi connectivity index (χ1n) is 8.74. The van der Waals surface area contributed by atoms with Crippen molar-refractivity contribution in [1.82, 2.24) is 9.55 Å². The minimum atomic E-state index is -0.850. The van der Waals surface area contributed by atoms with Crippen molar-refractivity contribution in [3.8, 4) is 11.1 Å². The van der Waals surface area contributed by atoms with Crippen molar-refractivity contribution in [1.29, 1.82) is 0 Å². The summed E-state index contributed by atoms with van der Waals surface area (Å²) in [5.41, 5.74) is 3.05. The Balaban J connectivity index is 2.18. The van der Waals surface area contributed by atoms with Gasteiger partial charge in [-0.25, -0.2) is 4.98 Å². The smallest absolute Gasteiger partial charge is 0.303 e. The molecule has 0 bridgehead atoms. The number of benzene rings is 1. The average molecular weight is 370 g/mol. The summed E-state index contributed by atoms with van der Waals surface area (Å²) >= 11 is 1.54. The number of hydrogen-bond acceptors (Lipinski definition) is 4. The number of aromatic nitrogens is 2. The molecule has 0 atom stereocenters. The predicted octanol–water partition coefficient (Wildman–Crippen LogP) is 4.17. The summed E-state index contributed by atoms with van der Waals surface area (Å²) in [7, 11) is 0. The third kappa shape index (κ3) is 3.42. The Labute approximate surface area is 155 Å². The van der Waals surface area contributed by atoms with Crippen molar-refractivity contribution < 1.29 is 9.90 Å². The van der Waals surface area contributed by atoms with Crippen LogP contribution in [0, 0.1) is 13.8 Å². The molecule has 0 aliphatic heterocycles. The fourth-order valence-corrected chi connectivity index (χ4v) is 4.25. The maximum absolute atomic E-state index is 13.2. The van der Waals surface area contributed by atoms with Crippen molar-refractivity contribution >= 4 is 27.5 Å². The van der Waals surface area contributed by atoms with Crippen LogP contribution in [0.1, 0.15) is 36.0 Å². The van der Waals surface area contributed by atoms with Crippen LogP contribution in [0.5, 0.6) is 0 Å². The van der Waals surface area contributed by atoms with Gasteiger partial charge in [-0.05, 0) is 25.8 Å². The minimum Gasteiger partial charge on any atom is -0.481 e. The Kier molecular flexibility index (Phi) is 5.23. The lowest BCUT2D eigenvalue weighted by Gasteiger charge is -2.11. The van der Waals surface area contributed by atoms with Crippen molar-refractivity contribution in [3.05, 3.63) is 50.9 Å². The molecule has 2 aromatic heterocycles. The number of aliphatic carboxylic acids is 1.